The van der Waals surface area contributed by atoms with Crippen molar-refractivity contribution >= 4 is 0 Å². The highest BCUT2D eigenvalue weighted by molar-refractivity contribution is 5.75. The van der Waals surface area contributed by atoms with Gasteiger partial charge in [0.05, 0.1) is 0 Å². The maximum absolute atomic E-state index is 14.0. The molecule has 2 N–H and O–H groups in total. The van der Waals surface area contributed by atoms with Gasteiger partial charge >= 0.3 is 0 Å². The molecule has 0 amide bonds. The van der Waals surface area contributed by atoms with Crippen molar-refractivity contribution in [3.8, 4) is 11.1 Å². The van der Waals surface area contributed by atoms with E-state index in [1.807, 2.05) is 6.07 Å². The number of aryl methyl sites for hydroxylation is 2. The van der Waals surface area contributed by atoms with Crippen molar-refractivity contribution in [2.24, 2.45) is 5.73 Å². The van der Waals surface area contributed by atoms with Gasteiger partial charge < -0.3 is 5.73 Å². The van der Waals surface area contributed by atoms with Crippen LogP contribution in [0.15, 0.2) is 30.3 Å². The minimum atomic E-state index is -0.157. The van der Waals surface area contributed by atoms with E-state index in [4.69, 9.17) is 5.73 Å². The molecule has 1 aliphatic rings. The van der Waals surface area contributed by atoms with Gasteiger partial charge in [-0.15, -0.1) is 0 Å². The minimum Gasteiger partial charge on any atom is -0.324 e. The smallest absolute Gasteiger partial charge is 0.128 e. The number of rotatable bonds is 1. The fourth-order valence-electron chi connectivity index (χ4n) is 3.22. The molecule has 0 radical (unpaired) electrons. The maximum atomic E-state index is 14.0. The first kappa shape index (κ1) is 12.4. The maximum Gasteiger partial charge on any atom is 0.128 e. The van der Waals surface area contributed by atoms with Gasteiger partial charge in [0.25, 0.3) is 0 Å². The molecule has 3 rings (SSSR count). The SMILES string of the molecule is Cc1cccc(C)c1-c1ccc(F)c2c1CC[C@H]2N. The Labute approximate surface area is 113 Å². The quantitative estimate of drug-likeness (QED) is 0.817. The van der Waals surface area contributed by atoms with Gasteiger partial charge in [0, 0.05) is 11.6 Å². The van der Waals surface area contributed by atoms with Gasteiger partial charge in [-0.05, 0) is 60.6 Å². The summed E-state index contributed by atoms with van der Waals surface area (Å²) in [6, 6.07) is 9.58. The van der Waals surface area contributed by atoms with E-state index < -0.39 is 0 Å². The molecule has 1 nitrogen and oxygen atoms in total. The van der Waals surface area contributed by atoms with Crippen LogP contribution in [-0.4, -0.2) is 0 Å². The van der Waals surface area contributed by atoms with E-state index >= 15 is 0 Å². The zero-order valence-corrected chi connectivity index (χ0v) is 11.3. The monoisotopic (exact) mass is 255 g/mol. The molecule has 0 saturated heterocycles. The van der Waals surface area contributed by atoms with Crippen LogP contribution in [0.25, 0.3) is 11.1 Å². The van der Waals surface area contributed by atoms with Crippen LogP contribution >= 0.6 is 0 Å². The zero-order valence-electron chi connectivity index (χ0n) is 11.3. The van der Waals surface area contributed by atoms with Gasteiger partial charge in [-0.25, -0.2) is 4.39 Å². The van der Waals surface area contributed by atoms with Gasteiger partial charge in [-0.2, -0.15) is 0 Å². The molecule has 2 aromatic carbocycles. The number of fused-ring (bicyclic) bond motifs is 1. The van der Waals surface area contributed by atoms with Crippen molar-refractivity contribution in [1.82, 2.24) is 0 Å². The summed E-state index contributed by atoms with van der Waals surface area (Å²) in [5.41, 5.74) is 12.7. The first-order chi connectivity index (χ1) is 9.09. The Hall–Kier alpha value is -1.67. The summed E-state index contributed by atoms with van der Waals surface area (Å²) < 4.78 is 14.0. The van der Waals surface area contributed by atoms with Gasteiger partial charge in [0.1, 0.15) is 5.82 Å². The molecule has 1 atom stereocenters. The molecule has 0 spiro atoms. The molecule has 0 bridgehead atoms. The predicted molar refractivity (Wildman–Crippen MR) is 76.6 cm³/mol. The van der Waals surface area contributed by atoms with Crippen LogP contribution in [0.3, 0.4) is 0 Å². The van der Waals surface area contributed by atoms with Crippen molar-refractivity contribution in [3.63, 3.8) is 0 Å². The Morgan fingerprint density at radius 3 is 2.47 bits per heavy atom. The molecular formula is C17H18FN. The molecule has 0 heterocycles. The number of hydrogen-bond acceptors (Lipinski definition) is 1. The Morgan fingerprint density at radius 1 is 1.11 bits per heavy atom. The molecule has 2 aromatic rings. The molecule has 0 fully saturated rings. The van der Waals surface area contributed by atoms with Crippen LogP contribution in [0.2, 0.25) is 0 Å². The lowest BCUT2D eigenvalue weighted by molar-refractivity contribution is 0.589. The molecule has 1 aliphatic carbocycles. The lowest BCUT2D eigenvalue weighted by Gasteiger charge is -2.15. The summed E-state index contributed by atoms with van der Waals surface area (Å²) in [6.45, 7) is 4.21. The van der Waals surface area contributed by atoms with Gasteiger partial charge in [-0.1, -0.05) is 24.3 Å². The molecular weight excluding hydrogens is 237 g/mol. The van der Waals surface area contributed by atoms with Crippen LogP contribution in [0, 0.1) is 19.7 Å². The average Bonchev–Trinajstić information content (AvgIpc) is 2.75. The third kappa shape index (κ3) is 1.87. The van der Waals surface area contributed by atoms with E-state index in [9.17, 15) is 4.39 Å². The van der Waals surface area contributed by atoms with Crippen LogP contribution in [0.5, 0.6) is 0 Å². The Kier molecular flexibility index (Phi) is 2.90. The highest BCUT2D eigenvalue weighted by Gasteiger charge is 2.26. The van der Waals surface area contributed by atoms with Gasteiger partial charge in [0.2, 0.25) is 0 Å². The van der Waals surface area contributed by atoms with E-state index in [2.05, 4.69) is 32.0 Å². The highest BCUT2D eigenvalue weighted by atomic mass is 19.1. The van der Waals surface area contributed by atoms with Crippen molar-refractivity contribution < 1.29 is 4.39 Å². The van der Waals surface area contributed by atoms with E-state index in [1.165, 1.54) is 16.7 Å². The number of hydrogen-bond donors (Lipinski definition) is 1. The summed E-state index contributed by atoms with van der Waals surface area (Å²) in [4.78, 5) is 0. The Bertz CT molecular complexity index is 626. The molecule has 0 aliphatic heterocycles. The lowest BCUT2D eigenvalue weighted by Crippen LogP contribution is -2.07. The number of nitrogens with two attached hydrogens (primary N) is 1. The third-order valence-corrected chi connectivity index (χ3v) is 4.13. The van der Waals surface area contributed by atoms with Gasteiger partial charge in [-0.3, -0.25) is 0 Å². The van der Waals surface area contributed by atoms with E-state index in [0.29, 0.717) is 0 Å². The summed E-state index contributed by atoms with van der Waals surface area (Å²) >= 11 is 0. The Balaban J connectivity index is 2.29. The summed E-state index contributed by atoms with van der Waals surface area (Å²) in [5.74, 6) is -0.157. The second-order valence-electron chi connectivity index (χ2n) is 5.40. The highest BCUT2D eigenvalue weighted by Crippen LogP contribution is 2.40. The van der Waals surface area contributed by atoms with Crippen LogP contribution in [-0.2, 0) is 6.42 Å². The standard InChI is InChI=1S/C17H18FN/c1-10-4-3-5-11(2)16(10)12-6-8-14(18)17-13(12)7-9-15(17)19/h3-6,8,15H,7,9,19H2,1-2H3/t15-/m1/s1. The number of halogens is 1. The summed E-state index contributed by atoms with van der Waals surface area (Å²) in [6.07, 6.45) is 1.71. The third-order valence-electron chi connectivity index (χ3n) is 4.13. The molecule has 98 valence electrons. The van der Waals surface area contributed by atoms with Crippen LogP contribution in [0.4, 0.5) is 4.39 Å². The second-order valence-corrected chi connectivity index (χ2v) is 5.40. The first-order valence-corrected chi connectivity index (χ1v) is 6.73. The first-order valence-electron chi connectivity index (χ1n) is 6.73. The van der Waals surface area contributed by atoms with Gasteiger partial charge in [0.15, 0.2) is 0 Å². The molecule has 0 unspecified atom stereocenters. The Morgan fingerprint density at radius 2 is 1.79 bits per heavy atom. The van der Waals surface area contributed by atoms with Crippen molar-refractivity contribution in [2.75, 3.05) is 0 Å². The largest absolute Gasteiger partial charge is 0.324 e. The van der Waals surface area contributed by atoms with E-state index in [1.54, 1.807) is 6.07 Å². The summed E-state index contributed by atoms with van der Waals surface area (Å²) in [7, 11) is 0. The fourth-order valence-corrected chi connectivity index (χ4v) is 3.22. The average molecular weight is 255 g/mol. The van der Waals surface area contributed by atoms with Crippen molar-refractivity contribution in [1.29, 1.82) is 0 Å². The molecule has 2 heteroatoms. The van der Waals surface area contributed by atoms with Crippen molar-refractivity contribution in [2.45, 2.75) is 32.7 Å². The fraction of sp³-hybridized carbons (Fsp3) is 0.294. The zero-order chi connectivity index (χ0) is 13.6. The number of benzene rings is 2. The topological polar surface area (TPSA) is 26.0 Å². The molecule has 19 heavy (non-hydrogen) atoms. The summed E-state index contributed by atoms with van der Waals surface area (Å²) in [5, 5.41) is 0. The predicted octanol–water partition coefficient (Wildman–Crippen LogP) is 4.06. The van der Waals surface area contributed by atoms with E-state index in [0.717, 1.165) is 29.5 Å². The normalized spacial score (nSPS) is 17.6. The molecule has 0 saturated carbocycles. The second kappa shape index (κ2) is 4.46. The van der Waals surface area contributed by atoms with E-state index in [-0.39, 0.29) is 11.9 Å². The lowest BCUT2D eigenvalue weighted by atomic mass is 9.90. The van der Waals surface area contributed by atoms with Crippen LogP contribution in [0.1, 0.15) is 34.7 Å². The van der Waals surface area contributed by atoms with Crippen LogP contribution < -0.4 is 5.73 Å². The van der Waals surface area contributed by atoms with Crippen molar-refractivity contribution in [3.05, 3.63) is 58.4 Å². The minimum absolute atomic E-state index is 0.153. The molecule has 0 aromatic heterocycles.